The summed E-state index contributed by atoms with van der Waals surface area (Å²) in [6.45, 7) is 5.76. The maximum absolute atomic E-state index is 6.08. The molecule has 1 spiro atoms. The molecular formula is C17H21N3O2S. The summed E-state index contributed by atoms with van der Waals surface area (Å²) < 4.78 is 11.6. The summed E-state index contributed by atoms with van der Waals surface area (Å²) in [4.78, 5) is 6.48. The zero-order valence-corrected chi connectivity index (χ0v) is 14.1. The van der Waals surface area contributed by atoms with E-state index in [0.29, 0.717) is 17.5 Å². The van der Waals surface area contributed by atoms with E-state index in [1.165, 1.54) is 5.56 Å². The fraction of sp³-hybridized carbons (Fsp3) is 0.529. The molecule has 2 aromatic rings. The van der Waals surface area contributed by atoms with E-state index in [1.807, 2.05) is 37.5 Å². The van der Waals surface area contributed by atoms with Gasteiger partial charge >= 0.3 is 0 Å². The number of ether oxygens (including phenoxy) is 1. The third-order valence-electron chi connectivity index (χ3n) is 4.50. The van der Waals surface area contributed by atoms with Crippen molar-refractivity contribution in [1.29, 1.82) is 0 Å². The van der Waals surface area contributed by atoms with Crippen molar-refractivity contribution in [2.24, 2.45) is 0 Å². The Balaban J connectivity index is 1.23. The summed E-state index contributed by atoms with van der Waals surface area (Å²) in [6.07, 6.45) is 5.15. The van der Waals surface area contributed by atoms with Crippen molar-refractivity contribution in [3.8, 4) is 0 Å². The van der Waals surface area contributed by atoms with Crippen molar-refractivity contribution in [3.63, 3.8) is 0 Å². The molecule has 6 heteroatoms. The summed E-state index contributed by atoms with van der Waals surface area (Å²) >= 11 is 2.07. The van der Waals surface area contributed by atoms with Gasteiger partial charge in [0, 0.05) is 48.6 Å². The molecule has 0 unspecified atom stereocenters. The number of hydrogen-bond donors (Lipinski definition) is 0. The lowest BCUT2D eigenvalue weighted by molar-refractivity contribution is 0.0259. The molecule has 0 aromatic carbocycles. The van der Waals surface area contributed by atoms with E-state index in [2.05, 4.69) is 26.8 Å². The fourth-order valence-electron chi connectivity index (χ4n) is 3.43. The van der Waals surface area contributed by atoms with E-state index in [-0.39, 0.29) is 0 Å². The van der Waals surface area contributed by atoms with Gasteiger partial charge in [0.1, 0.15) is 5.76 Å². The minimum Gasteiger partial charge on any atom is -0.373 e. The SMILES string of the molecule is Cc1cc(CN2CC3(C[C@H](OCc4ccncc4)CS3)C2)no1. The Labute approximate surface area is 140 Å². The molecule has 0 radical (unpaired) electrons. The number of hydrogen-bond acceptors (Lipinski definition) is 6. The molecule has 2 aliphatic rings. The van der Waals surface area contributed by atoms with Gasteiger partial charge < -0.3 is 9.26 Å². The number of aryl methyl sites for hydroxylation is 1. The first-order chi connectivity index (χ1) is 11.2. The smallest absolute Gasteiger partial charge is 0.133 e. The Morgan fingerprint density at radius 3 is 2.96 bits per heavy atom. The zero-order chi connectivity index (χ0) is 15.7. The van der Waals surface area contributed by atoms with Crippen molar-refractivity contribution in [1.82, 2.24) is 15.0 Å². The lowest BCUT2D eigenvalue weighted by Crippen LogP contribution is -2.58. The Morgan fingerprint density at radius 1 is 1.39 bits per heavy atom. The molecule has 1 atom stereocenters. The van der Waals surface area contributed by atoms with E-state index in [0.717, 1.165) is 43.3 Å². The zero-order valence-electron chi connectivity index (χ0n) is 13.3. The van der Waals surface area contributed by atoms with Crippen molar-refractivity contribution < 1.29 is 9.26 Å². The van der Waals surface area contributed by atoms with Crippen LogP contribution in [0.25, 0.3) is 0 Å². The van der Waals surface area contributed by atoms with E-state index in [1.54, 1.807) is 0 Å². The second-order valence-corrected chi connectivity index (χ2v) is 8.05. The van der Waals surface area contributed by atoms with Crippen LogP contribution in [-0.2, 0) is 17.9 Å². The predicted molar refractivity (Wildman–Crippen MR) is 89.1 cm³/mol. The maximum atomic E-state index is 6.08. The number of aromatic nitrogens is 2. The van der Waals surface area contributed by atoms with Gasteiger partial charge in [0.2, 0.25) is 0 Å². The molecule has 2 aromatic heterocycles. The number of nitrogens with zero attached hydrogens (tertiary/aromatic N) is 3. The van der Waals surface area contributed by atoms with Gasteiger partial charge in [-0.2, -0.15) is 0 Å². The Hall–Kier alpha value is -1.37. The van der Waals surface area contributed by atoms with Gasteiger partial charge in [-0.05, 0) is 31.0 Å². The molecule has 4 rings (SSSR count). The fourth-order valence-corrected chi connectivity index (χ4v) is 5.03. The van der Waals surface area contributed by atoms with Gasteiger partial charge in [-0.1, -0.05) is 5.16 Å². The minimum atomic E-state index is 0.365. The molecule has 2 saturated heterocycles. The van der Waals surface area contributed by atoms with Gasteiger partial charge in [-0.3, -0.25) is 9.88 Å². The van der Waals surface area contributed by atoms with E-state index in [4.69, 9.17) is 9.26 Å². The molecule has 2 fully saturated rings. The topological polar surface area (TPSA) is 51.4 Å². The highest BCUT2D eigenvalue weighted by molar-refractivity contribution is 8.01. The molecule has 0 saturated carbocycles. The summed E-state index contributed by atoms with van der Waals surface area (Å²) in [6, 6.07) is 6.05. The number of pyridine rings is 1. The van der Waals surface area contributed by atoms with Crippen LogP contribution in [0.4, 0.5) is 0 Å². The third-order valence-corrected chi connectivity index (χ3v) is 6.07. The third kappa shape index (κ3) is 3.44. The van der Waals surface area contributed by atoms with Crippen LogP contribution in [0.5, 0.6) is 0 Å². The monoisotopic (exact) mass is 331 g/mol. The normalized spacial score (nSPS) is 23.3. The van der Waals surface area contributed by atoms with Gasteiger partial charge in [-0.15, -0.1) is 11.8 Å². The molecule has 122 valence electrons. The van der Waals surface area contributed by atoms with Crippen LogP contribution in [0, 0.1) is 6.92 Å². The van der Waals surface area contributed by atoms with Gasteiger partial charge in [0.05, 0.1) is 18.4 Å². The highest BCUT2D eigenvalue weighted by atomic mass is 32.2. The summed E-state index contributed by atoms with van der Waals surface area (Å²) in [5.41, 5.74) is 2.23. The molecule has 4 heterocycles. The predicted octanol–water partition coefficient (Wildman–Crippen LogP) is 2.65. The van der Waals surface area contributed by atoms with E-state index >= 15 is 0 Å². The first-order valence-corrected chi connectivity index (χ1v) is 8.98. The minimum absolute atomic E-state index is 0.365. The average Bonchev–Trinajstić information content (AvgIpc) is 3.13. The van der Waals surface area contributed by atoms with E-state index in [9.17, 15) is 0 Å². The lowest BCUT2D eigenvalue weighted by atomic mass is 9.93. The molecular weight excluding hydrogens is 310 g/mol. The Kier molecular flexibility index (Phi) is 4.13. The van der Waals surface area contributed by atoms with Crippen LogP contribution < -0.4 is 0 Å². The second kappa shape index (κ2) is 6.26. The summed E-state index contributed by atoms with van der Waals surface area (Å²) in [5, 5.41) is 4.08. The molecule has 0 aliphatic carbocycles. The quantitative estimate of drug-likeness (QED) is 0.839. The molecule has 23 heavy (non-hydrogen) atoms. The van der Waals surface area contributed by atoms with Gasteiger partial charge in [0.25, 0.3) is 0 Å². The first kappa shape index (κ1) is 15.2. The Bertz CT molecular complexity index is 655. The molecule has 5 nitrogen and oxygen atoms in total. The van der Waals surface area contributed by atoms with Crippen LogP contribution in [0.2, 0.25) is 0 Å². The molecule has 0 bridgehead atoms. The lowest BCUT2D eigenvalue weighted by Gasteiger charge is -2.47. The maximum Gasteiger partial charge on any atom is 0.133 e. The Morgan fingerprint density at radius 2 is 2.22 bits per heavy atom. The van der Waals surface area contributed by atoms with Crippen LogP contribution in [0.3, 0.4) is 0 Å². The largest absolute Gasteiger partial charge is 0.373 e. The first-order valence-electron chi connectivity index (χ1n) is 8.00. The molecule has 0 amide bonds. The number of rotatable bonds is 5. The standard InChI is InChI=1S/C17H21N3O2S/c1-13-6-15(19-22-13)8-20-11-17(12-20)7-16(10-23-17)21-9-14-2-4-18-5-3-14/h2-6,16H,7-12H2,1H3/t16-/m0/s1. The van der Waals surface area contributed by atoms with Crippen LogP contribution in [0.1, 0.15) is 23.4 Å². The van der Waals surface area contributed by atoms with Crippen molar-refractivity contribution in [2.75, 3.05) is 18.8 Å². The van der Waals surface area contributed by atoms with Gasteiger partial charge in [-0.25, -0.2) is 0 Å². The van der Waals surface area contributed by atoms with Crippen molar-refractivity contribution >= 4 is 11.8 Å². The number of likely N-dealkylation sites (tertiary alicyclic amines) is 1. The van der Waals surface area contributed by atoms with Crippen LogP contribution in [0.15, 0.2) is 35.1 Å². The van der Waals surface area contributed by atoms with Gasteiger partial charge in [0.15, 0.2) is 0 Å². The van der Waals surface area contributed by atoms with Crippen LogP contribution in [-0.4, -0.2) is 44.7 Å². The average molecular weight is 331 g/mol. The van der Waals surface area contributed by atoms with Crippen molar-refractivity contribution in [3.05, 3.63) is 47.6 Å². The second-order valence-electron chi connectivity index (χ2n) is 6.56. The number of thioether (sulfide) groups is 1. The van der Waals surface area contributed by atoms with E-state index < -0.39 is 0 Å². The highest BCUT2D eigenvalue weighted by Crippen LogP contribution is 2.46. The van der Waals surface area contributed by atoms with Crippen LogP contribution >= 0.6 is 11.8 Å². The molecule has 0 N–H and O–H groups in total. The highest BCUT2D eigenvalue weighted by Gasteiger charge is 2.49. The van der Waals surface area contributed by atoms with Crippen molar-refractivity contribution in [2.45, 2.75) is 37.3 Å². The summed E-state index contributed by atoms with van der Waals surface area (Å²) in [7, 11) is 0. The summed E-state index contributed by atoms with van der Waals surface area (Å²) in [5.74, 6) is 1.98. The molecule has 2 aliphatic heterocycles.